The molecule has 0 aliphatic heterocycles. The quantitative estimate of drug-likeness (QED) is 0.784. The highest BCUT2D eigenvalue weighted by Gasteiger charge is 2.44. The van der Waals surface area contributed by atoms with Gasteiger partial charge in [0, 0.05) is 28.1 Å². The largest absolute Gasteiger partial charge is 0.304 e. The molecular weight excluding hydrogens is 306 g/mol. The van der Waals surface area contributed by atoms with E-state index in [2.05, 4.69) is 46.0 Å². The Morgan fingerprint density at radius 3 is 2.20 bits per heavy atom. The molecule has 2 aromatic carbocycles. The SMILES string of the molecule is CC(C)(C)NC1/C(=C/c2ccccc2)C(=O)c2ccccc2C1(C)C. The van der Waals surface area contributed by atoms with E-state index in [1.54, 1.807) is 0 Å². The van der Waals surface area contributed by atoms with Crippen molar-refractivity contribution >= 4 is 11.9 Å². The number of Topliss-reactive ketones (excluding diaryl/α,β-unsaturated/α-hetero) is 1. The fourth-order valence-electron chi connectivity index (χ4n) is 3.64. The van der Waals surface area contributed by atoms with Crippen LogP contribution in [0, 0.1) is 0 Å². The number of carbonyl (C=O) groups is 1. The zero-order valence-electron chi connectivity index (χ0n) is 15.8. The molecule has 0 fully saturated rings. The average molecular weight is 333 g/mol. The minimum atomic E-state index is -0.182. The average Bonchev–Trinajstić information content (AvgIpc) is 2.56. The molecule has 25 heavy (non-hydrogen) atoms. The highest BCUT2D eigenvalue weighted by molar-refractivity contribution is 6.14. The predicted molar refractivity (Wildman–Crippen MR) is 105 cm³/mol. The van der Waals surface area contributed by atoms with Crippen LogP contribution < -0.4 is 5.32 Å². The molecule has 2 nitrogen and oxygen atoms in total. The monoisotopic (exact) mass is 333 g/mol. The molecule has 1 unspecified atom stereocenters. The van der Waals surface area contributed by atoms with Crippen molar-refractivity contribution in [1.29, 1.82) is 0 Å². The highest BCUT2D eigenvalue weighted by atomic mass is 16.1. The Bertz CT molecular complexity index is 809. The van der Waals surface area contributed by atoms with Crippen molar-refractivity contribution < 1.29 is 4.79 Å². The molecule has 0 saturated heterocycles. The number of nitrogens with one attached hydrogen (secondary N) is 1. The topological polar surface area (TPSA) is 29.1 Å². The molecule has 1 atom stereocenters. The van der Waals surface area contributed by atoms with E-state index in [4.69, 9.17) is 0 Å². The van der Waals surface area contributed by atoms with E-state index >= 15 is 0 Å². The molecular formula is C23H27NO. The summed E-state index contributed by atoms with van der Waals surface area (Å²) in [6, 6.07) is 18.1. The molecule has 0 spiro atoms. The van der Waals surface area contributed by atoms with Gasteiger partial charge in [0.1, 0.15) is 0 Å². The lowest BCUT2D eigenvalue weighted by molar-refractivity contribution is 0.0996. The summed E-state index contributed by atoms with van der Waals surface area (Å²) in [5, 5.41) is 3.70. The Hall–Kier alpha value is -2.19. The summed E-state index contributed by atoms with van der Waals surface area (Å²) in [5.74, 6) is 0.125. The fourth-order valence-corrected chi connectivity index (χ4v) is 3.64. The fraction of sp³-hybridized carbons (Fsp3) is 0.348. The second-order valence-electron chi connectivity index (χ2n) is 8.43. The molecule has 130 valence electrons. The maximum Gasteiger partial charge on any atom is 0.190 e. The number of hydrogen-bond donors (Lipinski definition) is 1. The first-order chi connectivity index (χ1) is 11.7. The molecule has 0 bridgehead atoms. The minimum Gasteiger partial charge on any atom is -0.304 e. The maximum atomic E-state index is 13.3. The van der Waals surface area contributed by atoms with Crippen LogP contribution in [0.2, 0.25) is 0 Å². The van der Waals surface area contributed by atoms with E-state index in [0.717, 1.165) is 22.3 Å². The van der Waals surface area contributed by atoms with E-state index in [9.17, 15) is 4.79 Å². The van der Waals surface area contributed by atoms with Crippen LogP contribution in [0.5, 0.6) is 0 Å². The third kappa shape index (κ3) is 3.45. The molecule has 1 aliphatic carbocycles. The lowest BCUT2D eigenvalue weighted by atomic mass is 9.66. The Labute approximate surface area is 151 Å². The van der Waals surface area contributed by atoms with Crippen molar-refractivity contribution in [2.24, 2.45) is 0 Å². The van der Waals surface area contributed by atoms with E-state index in [1.807, 2.05) is 54.6 Å². The molecule has 1 N–H and O–H groups in total. The van der Waals surface area contributed by atoms with E-state index in [1.165, 1.54) is 0 Å². The second-order valence-corrected chi connectivity index (χ2v) is 8.43. The number of fused-ring (bicyclic) bond motifs is 1. The third-order valence-electron chi connectivity index (χ3n) is 4.86. The highest BCUT2D eigenvalue weighted by Crippen LogP contribution is 2.41. The van der Waals surface area contributed by atoms with Crippen molar-refractivity contribution in [2.45, 2.75) is 51.6 Å². The summed E-state index contributed by atoms with van der Waals surface area (Å²) < 4.78 is 0. The van der Waals surface area contributed by atoms with Crippen LogP contribution in [0.4, 0.5) is 0 Å². The summed E-state index contributed by atoms with van der Waals surface area (Å²) in [4.78, 5) is 13.3. The molecule has 0 amide bonds. The number of ketones is 1. The van der Waals surface area contributed by atoms with E-state index in [-0.39, 0.29) is 22.8 Å². The molecule has 2 aromatic rings. The van der Waals surface area contributed by atoms with Crippen molar-refractivity contribution in [1.82, 2.24) is 5.32 Å². The zero-order valence-corrected chi connectivity index (χ0v) is 15.8. The van der Waals surface area contributed by atoms with E-state index < -0.39 is 0 Å². The first-order valence-electron chi connectivity index (χ1n) is 8.89. The second kappa shape index (κ2) is 6.27. The van der Waals surface area contributed by atoms with Gasteiger partial charge in [-0.3, -0.25) is 4.79 Å². The summed E-state index contributed by atoms with van der Waals surface area (Å²) in [6.45, 7) is 10.9. The van der Waals surface area contributed by atoms with Gasteiger partial charge in [-0.05, 0) is 38.0 Å². The first-order valence-corrected chi connectivity index (χ1v) is 8.89. The molecule has 0 heterocycles. The Balaban J connectivity index is 2.20. The van der Waals surface area contributed by atoms with Gasteiger partial charge >= 0.3 is 0 Å². The third-order valence-corrected chi connectivity index (χ3v) is 4.86. The van der Waals surface area contributed by atoms with Gasteiger partial charge in [-0.1, -0.05) is 68.4 Å². The van der Waals surface area contributed by atoms with Crippen LogP contribution in [-0.4, -0.2) is 17.4 Å². The van der Waals surface area contributed by atoms with Crippen LogP contribution in [0.15, 0.2) is 60.2 Å². The Morgan fingerprint density at radius 1 is 0.960 bits per heavy atom. The predicted octanol–water partition coefficient (Wildman–Crippen LogP) is 5.00. The van der Waals surface area contributed by atoms with Crippen LogP contribution in [-0.2, 0) is 5.41 Å². The number of benzene rings is 2. The van der Waals surface area contributed by atoms with Crippen LogP contribution in [0.25, 0.3) is 6.08 Å². The number of carbonyl (C=O) groups excluding carboxylic acids is 1. The lowest BCUT2D eigenvalue weighted by Gasteiger charge is -2.44. The van der Waals surface area contributed by atoms with Gasteiger partial charge in [0.25, 0.3) is 0 Å². The molecule has 2 heteroatoms. The van der Waals surface area contributed by atoms with Crippen LogP contribution in [0.3, 0.4) is 0 Å². The van der Waals surface area contributed by atoms with Gasteiger partial charge in [-0.2, -0.15) is 0 Å². The molecule has 1 aliphatic rings. The molecule has 3 rings (SSSR count). The van der Waals surface area contributed by atoms with Gasteiger partial charge in [0.15, 0.2) is 5.78 Å². The Morgan fingerprint density at radius 2 is 1.56 bits per heavy atom. The van der Waals surface area contributed by atoms with Crippen molar-refractivity contribution in [3.05, 3.63) is 76.9 Å². The Kier molecular flexibility index (Phi) is 4.42. The van der Waals surface area contributed by atoms with E-state index in [0.29, 0.717) is 0 Å². The summed E-state index contributed by atoms with van der Waals surface area (Å²) in [7, 11) is 0. The maximum absolute atomic E-state index is 13.3. The van der Waals surface area contributed by atoms with Gasteiger partial charge < -0.3 is 5.32 Å². The summed E-state index contributed by atoms with van der Waals surface area (Å²) >= 11 is 0. The van der Waals surface area contributed by atoms with Crippen molar-refractivity contribution in [2.75, 3.05) is 0 Å². The van der Waals surface area contributed by atoms with Gasteiger partial charge in [0.05, 0.1) is 0 Å². The van der Waals surface area contributed by atoms with Crippen molar-refractivity contribution in [3.63, 3.8) is 0 Å². The standard InChI is InChI=1S/C23H27NO/c1-22(2,3)24-21-18(15-16-11-7-6-8-12-16)20(25)17-13-9-10-14-19(17)23(21,4)5/h6-15,21,24H,1-5H3/b18-15+. The van der Waals surface area contributed by atoms with Crippen LogP contribution >= 0.6 is 0 Å². The van der Waals surface area contributed by atoms with Gasteiger partial charge in [-0.15, -0.1) is 0 Å². The molecule has 0 aromatic heterocycles. The minimum absolute atomic E-state index is 0.0462. The zero-order chi connectivity index (χ0) is 18.2. The lowest BCUT2D eigenvalue weighted by Crippen LogP contribution is -2.56. The van der Waals surface area contributed by atoms with Gasteiger partial charge in [0.2, 0.25) is 0 Å². The smallest absolute Gasteiger partial charge is 0.190 e. The number of rotatable bonds is 2. The molecule has 0 radical (unpaired) electrons. The van der Waals surface area contributed by atoms with Gasteiger partial charge in [-0.25, -0.2) is 0 Å². The summed E-state index contributed by atoms with van der Waals surface area (Å²) in [6.07, 6.45) is 2.05. The van der Waals surface area contributed by atoms with Crippen molar-refractivity contribution in [3.8, 4) is 0 Å². The first kappa shape index (κ1) is 17.6. The summed E-state index contributed by atoms with van der Waals surface area (Å²) in [5.41, 5.74) is 3.56. The normalized spacial score (nSPS) is 21.2. The van der Waals surface area contributed by atoms with Crippen LogP contribution in [0.1, 0.15) is 56.1 Å². The number of hydrogen-bond acceptors (Lipinski definition) is 2. The molecule has 0 saturated carbocycles.